The number of nitrogen functional groups attached to an aromatic ring is 1. The minimum absolute atomic E-state index is 0.126. The largest absolute Gasteiger partial charge is 0.337 e. The van der Waals surface area contributed by atoms with Gasteiger partial charge in [0.05, 0.1) is 5.02 Å². The van der Waals surface area contributed by atoms with E-state index in [1.165, 1.54) is 0 Å². The van der Waals surface area contributed by atoms with Crippen molar-refractivity contribution in [1.29, 1.82) is 0 Å². The normalized spacial score (nSPS) is 19.2. The topological polar surface area (TPSA) is 71.2 Å². The Morgan fingerprint density at radius 2 is 2.20 bits per heavy atom. The van der Waals surface area contributed by atoms with Crippen LogP contribution in [0.25, 0.3) is 0 Å². The van der Waals surface area contributed by atoms with Gasteiger partial charge in [-0.05, 0) is 29.9 Å². The fraction of sp³-hybridized carbons (Fsp3) is 0.571. The zero-order valence-electron chi connectivity index (χ0n) is 12.1. The molecule has 1 amide bonds. The van der Waals surface area contributed by atoms with Crippen molar-refractivity contribution in [3.8, 4) is 0 Å². The predicted molar refractivity (Wildman–Crippen MR) is 80.5 cm³/mol. The lowest BCUT2D eigenvalue weighted by Gasteiger charge is -2.27. The molecule has 1 atom stereocenters. The number of carbonyl (C=O) groups excluding carboxylic acids is 1. The summed E-state index contributed by atoms with van der Waals surface area (Å²) in [7, 11) is 0. The predicted octanol–water partition coefficient (Wildman–Crippen LogP) is 2.53. The Balaban J connectivity index is 2.17. The Hall–Kier alpha value is -1.33. The van der Waals surface area contributed by atoms with Crippen LogP contribution in [0.4, 0.5) is 5.82 Å². The third-order valence-electron chi connectivity index (χ3n) is 3.90. The summed E-state index contributed by atoms with van der Waals surface area (Å²) < 4.78 is 0. The van der Waals surface area contributed by atoms with Crippen molar-refractivity contribution in [2.24, 2.45) is 17.2 Å². The number of nitrogens with two attached hydrogens (primary N) is 1. The first-order valence-electron chi connectivity index (χ1n) is 6.75. The van der Waals surface area contributed by atoms with Crippen LogP contribution in [0.5, 0.6) is 0 Å². The molecule has 1 fully saturated rings. The average Bonchev–Trinajstić information content (AvgIpc) is 2.88. The zero-order valence-corrected chi connectivity index (χ0v) is 12.9. The van der Waals surface area contributed by atoms with Crippen molar-refractivity contribution in [2.45, 2.75) is 27.2 Å². The molecule has 0 saturated carbocycles. The van der Waals surface area contributed by atoms with Crippen LogP contribution in [-0.2, 0) is 0 Å². The number of hydrogen-bond acceptors (Lipinski definition) is 4. The van der Waals surface area contributed by atoms with Crippen LogP contribution < -0.4 is 11.3 Å². The Morgan fingerprint density at radius 3 is 2.75 bits per heavy atom. The van der Waals surface area contributed by atoms with E-state index in [0.29, 0.717) is 16.8 Å². The lowest BCUT2D eigenvalue weighted by Crippen LogP contribution is -2.32. The van der Waals surface area contributed by atoms with Gasteiger partial charge in [0, 0.05) is 13.1 Å². The van der Waals surface area contributed by atoms with Crippen LogP contribution in [0.15, 0.2) is 12.1 Å². The number of likely N-dealkylation sites (tertiary alicyclic amines) is 1. The summed E-state index contributed by atoms with van der Waals surface area (Å²) in [6.45, 7) is 8.11. The number of aromatic nitrogens is 1. The second kappa shape index (κ2) is 5.58. The first-order valence-corrected chi connectivity index (χ1v) is 7.13. The van der Waals surface area contributed by atoms with Crippen molar-refractivity contribution in [2.75, 3.05) is 18.5 Å². The van der Waals surface area contributed by atoms with E-state index in [-0.39, 0.29) is 17.0 Å². The summed E-state index contributed by atoms with van der Waals surface area (Å²) in [6.07, 6.45) is 1.02. The third-order valence-corrected chi connectivity index (χ3v) is 4.20. The van der Waals surface area contributed by atoms with E-state index in [0.717, 1.165) is 19.5 Å². The smallest absolute Gasteiger partial charge is 0.274 e. The van der Waals surface area contributed by atoms with Crippen LogP contribution in [0, 0.1) is 11.3 Å². The maximum absolute atomic E-state index is 12.5. The van der Waals surface area contributed by atoms with E-state index in [1.54, 1.807) is 12.1 Å². The van der Waals surface area contributed by atoms with Crippen LogP contribution in [-0.4, -0.2) is 28.9 Å². The fourth-order valence-corrected chi connectivity index (χ4v) is 2.66. The van der Waals surface area contributed by atoms with Crippen molar-refractivity contribution in [3.05, 3.63) is 22.8 Å². The van der Waals surface area contributed by atoms with Crippen molar-refractivity contribution in [3.63, 3.8) is 0 Å². The van der Waals surface area contributed by atoms with E-state index in [9.17, 15) is 4.79 Å². The molecule has 0 bridgehead atoms. The summed E-state index contributed by atoms with van der Waals surface area (Å²) >= 11 is 6.07. The van der Waals surface area contributed by atoms with Gasteiger partial charge in [-0.15, -0.1) is 0 Å². The molecule has 1 unspecified atom stereocenters. The Kier molecular flexibility index (Phi) is 4.20. The quantitative estimate of drug-likeness (QED) is 0.650. The van der Waals surface area contributed by atoms with E-state index in [1.807, 2.05) is 4.90 Å². The second-order valence-corrected chi connectivity index (χ2v) is 6.68. The average molecular weight is 297 g/mol. The van der Waals surface area contributed by atoms with Crippen LogP contribution in [0.1, 0.15) is 37.7 Å². The van der Waals surface area contributed by atoms with Gasteiger partial charge >= 0.3 is 0 Å². The summed E-state index contributed by atoms with van der Waals surface area (Å²) in [5.41, 5.74) is 2.89. The van der Waals surface area contributed by atoms with Gasteiger partial charge in [-0.25, -0.2) is 10.8 Å². The molecule has 0 aromatic carbocycles. The lowest BCUT2D eigenvalue weighted by molar-refractivity contribution is 0.0771. The van der Waals surface area contributed by atoms with Crippen LogP contribution in [0.2, 0.25) is 5.02 Å². The fourth-order valence-electron chi connectivity index (χ4n) is 2.47. The molecule has 1 saturated heterocycles. The molecule has 0 aliphatic carbocycles. The highest BCUT2D eigenvalue weighted by molar-refractivity contribution is 6.33. The number of nitrogens with one attached hydrogen (secondary N) is 1. The monoisotopic (exact) mass is 296 g/mol. The van der Waals surface area contributed by atoms with E-state index >= 15 is 0 Å². The van der Waals surface area contributed by atoms with Crippen molar-refractivity contribution < 1.29 is 4.79 Å². The molecule has 0 spiro atoms. The Bertz CT molecular complexity index is 512. The van der Waals surface area contributed by atoms with Gasteiger partial charge in [-0.2, -0.15) is 0 Å². The molecular weight excluding hydrogens is 276 g/mol. The van der Waals surface area contributed by atoms with E-state index < -0.39 is 0 Å². The molecule has 0 radical (unpaired) electrons. The van der Waals surface area contributed by atoms with E-state index in [4.69, 9.17) is 17.4 Å². The minimum atomic E-state index is -0.126. The standard InChI is InChI=1S/C14H21ClN4O/c1-14(2,3)9-6-7-19(8-9)13(20)12-10(15)4-5-11(17-12)18-16/h4-5,9H,6-8,16H2,1-3H3,(H,17,18). The van der Waals surface area contributed by atoms with Crippen molar-refractivity contribution >= 4 is 23.3 Å². The summed E-state index contributed by atoms with van der Waals surface area (Å²) in [4.78, 5) is 18.5. The number of anilines is 1. The number of nitrogens with zero attached hydrogens (tertiary/aromatic N) is 2. The highest BCUT2D eigenvalue weighted by Gasteiger charge is 2.35. The number of amides is 1. The molecule has 1 aliphatic heterocycles. The van der Waals surface area contributed by atoms with Gasteiger partial charge in [-0.1, -0.05) is 32.4 Å². The minimum Gasteiger partial charge on any atom is -0.337 e. The lowest BCUT2D eigenvalue weighted by atomic mass is 9.80. The molecule has 1 aromatic rings. The highest BCUT2D eigenvalue weighted by Crippen LogP contribution is 2.34. The molecular formula is C14H21ClN4O. The number of halogens is 1. The van der Waals surface area contributed by atoms with Gasteiger partial charge in [0.15, 0.2) is 0 Å². The molecule has 2 heterocycles. The first kappa shape index (κ1) is 15.1. The maximum Gasteiger partial charge on any atom is 0.274 e. The van der Waals surface area contributed by atoms with Gasteiger partial charge in [0.25, 0.3) is 5.91 Å². The van der Waals surface area contributed by atoms with Gasteiger partial charge in [-0.3, -0.25) is 4.79 Å². The Morgan fingerprint density at radius 1 is 1.50 bits per heavy atom. The summed E-state index contributed by atoms with van der Waals surface area (Å²) in [6, 6.07) is 3.27. The molecule has 1 aromatic heterocycles. The number of hydrazine groups is 1. The highest BCUT2D eigenvalue weighted by atomic mass is 35.5. The van der Waals surface area contributed by atoms with Gasteiger partial charge < -0.3 is 10.3 Å². The van der Waals surface area contributed by atoms with Gasteiger partial charge in [0.1, 0.15) is 11.5 Å². The molecule has 6 heteroatoms. The van der Waals surface area contributed by atoms with Crippen molar-refractivity contribution in [1.82, 2.24) is 9.88 Å². The zero-order chi connectivity index (χ0) is 14.9. The molecule has 2 rings (SSSR count). The number of rotatable bonds is 2. The van der Waals surface area contributed by atoms with Gasteiger partial charge in [0.2, 0.25) is 0 Å². The van der Waals surface area contributed by atoms with E-state index in [2.05, 4.69) is 31.2 Å². The number of carbonyl (C=O) groups is 1. The maximum atomic E-state index is 12.5. The molecule has 3 N–H and O–H groups in total. The molecule has 20 heavy (non-hydrogen) atoms. The third kappa shape index (κ3) is 3.04. The molecule has 5 nitrogen and oxygen atoms in total. The second-order valence-electron chi connectivity index (χ2n) is 6.27. The van der Waals surface area contributed by atoms with Crippen LogP contribution in [0.3, 0.4) is 0 Å². The summed E-state index contributed by atoms with van der Waals surface area (Å²) in [5, 5.41) is 0.355. The molecule has 110 valence electrons. The Labute approximate surface area is 124 Å². The van der Waals surface area contributed by atoms with Crippen LogP contribution >= 0.6 is 11.6 Å². The number of hydrogen-bond donors (Lipinski definition) is 2. The SMILES string of the molecule is CC(C)(C)C1CCN(C(=O)c2nc(NN)ccc2Cl)C1. The molecule has 1 aliphatic rings. The first-order chi connectivity index (χ1) is 9.32. The number of pyridine rings is 1. The summed E-state index contributed by atoms with van der Waals surface area (Å²) in [5.74, 6) is 6.13.